The highest BCUT2D eigenvalue weighted by molar-refractivity contribution is 7.16. The van der Waals surface area contributed by atoms with Gasteiger partial charge in [0.2, 0.25) is 0 Å². The molecule has 6 nitrogen and oxygen atoms in total. The Labute approximate surface area is 124 Å². The molecule has 1 aromatic heterocycles. The van der Waals surface area contributed by atoms with Crippen molar-refractivity contribution in [1.82, 2.24) is 0 Å². The van der Waals surface area contributed by atoms with Crippen LogP contribution in [0.1, 0.15) is 31.2 Å². The zero-order valence-electron chi connectivity index (χ0n) is 11.3. The zero-order chi connectivity index (χ0) is 15.7. The summed E-state index contributed by atoms with van der Waals surface area (Å²) in [6.07, 6.45) is 0. The maximum atomic E-state index is 12.1. The first-order valence-corrected chi connectivity index (χ1v) is 6.79. The van der Waals surface area contributed by atoms with E-state index in [2.05, 4.69) is 5.32 Å². The minimum absolute atomic E-state index is 0.0638. The van der Waals surface area contributed by atoms with Crippen molar-refractivity contribution in [2.75, 3.05) is 5.32 Å². The number of thiophene rings is 1. The molecule has 2 aromatic rings. The van der Waals surface area contributed by atoms with E-state index in [1.807, 2.05) is 0 Å². The number of nitrogens with one attached hydrogen (secondary N) is 1. The third-order valence-corrected chi connectivity index (χ3v) is 4.19. The lowest BCUT2D eigenvalue weighted by Gasteiger charge is -2.06. The number of aryl methyl sites for hydroxylation is 1. The van der Waals surface area contributed by atoms with Crippen LogP contribution in [0, 0.1) is 13.8 Å². The zero-order valence-corrected chi connectivity index (χ0v) is 12.1. The van der Waals surface area contributed by atoms with Crippen LogP contribution in [-0.4, -0.2) is 27.2 Å². The lowest BCUT2D eigenvalue weighted by molar-refractivity contribution is 0.0697. The molecule has 21 heavy (non-hydrogen) atoms. The summed E-state index contributed by atoms with van der Waals surface area (Å²) in [4.78, 5) is 24.1. The van der Waals surface area contributed by atoms with E-state index < -0.39 is 17.6 Å². The van der Waals surface area contributed by atoms with Gasteiger partial charge in [-0.2, -0.15) is 0 Å². The van der Waals surface area contributed by atoms with Crippen molar-refractivity contribution < 1.29 is 24.9 Å². The summed E-state index contributed by atoms with van der Waals surface area (Å²) in [5.74, 6) is -2.42. The first kappa shape index (κ1) is 14.9. The Balaban J connectivity index is 2.33. The second-order valence-electron chi connectivity index (χ2n) is 4.45. The summed E-state index contributed by atoms with van der Waals surface area (Å²) in [7, 11) is 0. The molecule has 1 aromatic carbocycles. The van der Waals surface area contributed by atoms with Crippen LogP contribution in [0.4, 0.5) is 5.00 Å². The molecule has 0 saturated heterocycles. The van der Waals surface area contributed by atoms with E-state index in [0.717, 1.165) is 10.9 Å². The number of carboxylic acids is 1. The van der Waals surface area contributed by atoms with Gasteiger partial charge in [0.05, 0.1) is 5.56 Å². The number of anilines is 1. The fourth-order valence-electron chi connectivity index (χ4n) is 1.81. The van der Waals surface area contributed by atoms with Gasteiger partial charge in [0.25, 0.3) is 5.91 Å². The van der Waals surface area contributed by atoms with Crippen LogP contribution in [0.5, 0.6) is 11.5 Å². The number of carbonyl (C=O) groups is 2. The molecule has 0 aliphatic carbocycles. The molecule has 0 fully saturated rings. The van der Waals surface area contributed by atoms with E-state index in [0.29, 0.717) is 5.56 Å². The summed E-state index contributed by atoms with van der Waals surface area (Å²) in [6, 6.07) is 3.63. The number of aromatic hydroxyl groups is 2. The number of phenolic OH excluding ortho intramolecular Hbond substituents is 2. The minimum Gasteiger partial charge on any atom is -0.504 e. The Morgan fingerprint density at radius 3 is 2.38 bits per heavy atom. The fourth-order valence-corrected chi connectivity index (χ4v) is 2.86. The molecule has 1 heterocycles. The Bertz CT molecular complexity index is 735. The van der Waals surface area contributed by atoms with Crippen molar-refractivity contribution >= 4 is 28.2 Å². The number of benzene rings is 1. The van der Waals surface area contributed by atoms with Crippen molar-refractivity contribution in [2.45, 2.75) is 13.8 Å². The van der Waals surface area contributed by atoms with Crippen LogP contribution < -0.4 is 5.32 Å². The van der Waals surface area contributed by atoms with Gasteiger partial charge in [-0.1, -0.05) is 0 Å². The van der Waals surface area contributed by atoms with E-state index in [4.69, 9.17) is 0 Å². The molecule has 0 radical (unpaired) electrons. The number of carboxylic acid groups (broad SMARTS) is 1. The number of aromatic carboxylic acids is 1. The van der Waals surface area contributed by atoms with Crippen LogP contribution in [-0.2, 0) is 0 Å². The van der Waals surface area contributed by atoms with Crippen molar-refractivity contribution in [1.29, 1.82) is 0 Å². The molecule has 0 aliphatic rings. The third kappa shape index (κ3) is 2.82. The quantitative estimate of drug-likeness (QED) is 0.652. The second kappa shape index (κ2) is 5.45. The van der Waals surface area contributed by atoms with Crippen molar-refractivity contribution in [3.05, 3.63) is 39.8 Å². The van der Waals surface area contributed by atoms with Crippen LogP contribution in [0.25, 0.3) is 0 Å². The number of rotatable bonds is 3. The smallest absolute Gasteiger partial charge is 0.338 e. The van der Waals surface area contributed by atoms with E-state index in [1.165, 1.54) is 23.5 Å². The SMILES string of the molecule is Cc1sc(NC(=O)c2ccc(O)c(O)c2)c(C(=O)O)c1C. The molecule has 7 heteroatoms. The molecule has 110 valence electrons. The molecule has 0 aliphatic heterocycles. The van der Waals surface area contributed by atoms with Gasteiger partial charge in [-0.05, 0) is 37.6 Å². The standard InChI is InChI=1S/C14H13NO5S/c1-6-7(2)21-13(11(6)14(19)20)15-12(18)8-3-4-9(16)10(17)5-8/h3-5,16-17H,1-2H3,(H,15,18)(H,19,20). The monoisotopic (exact) mass is 307 g/mol. The van der Waals surface area contributed by atoms with Crippen molar-refractivity contribution in [2.24, 2.45) is 0 Å². The fraction of sp³-hybridized carbons (Fsp3) is 0.143. The van der Waals surface area contributed by atoms with Gasteiger partial charge in [0.15, 0.2) is 11.5 Å². The van der Waals surface area contributed by atoms with Crippen LogP contribution >= 0.6 is 11.3 Å². The number of hydrogen-bond donors (Lipinski definition) is 4. The first-order valence-electron chi connectivity index (χ1n) is 5.98. The molecule has 0 spiro atoms. The molecular formula is C14H13NO5S. The maximum Gasteiger partial charge on any atom is 0.338 e. The van der Waals surface area contributed by atoms with Crippen molar-refractivity contribution in [3.63, 3.8) is 0 Å². The predicted molar refractivity (Wildman–Crippen MR) is 78.5 cm³/mol. The van der Waals surface area contributed by atoms with Gasteiger partial charge in [0, 0.05) is 10.4 Å². The predicted octanol–water partition coefficient (Wildman–Crippen LogP) is 2.73. The highest BCUT2D eigenvalue weighted by Gasteiger charge is 2.21. The molecule has 0 atom stereocenters. The number of amides is 1. The summed E-state index contributed by atoms with van der Waals surface area (Å²) in [5.41, 5.74) is 0.788. The first-order chi connectivity index (χ1) is 9.81. The molecule has 0 bridgehead atoms. The summed E-state index contributed by atoms with van der Waals surface area (Å²) < 4.78 is 0. The molecule has 0 unspecified atom stereocenters. The van der Waals surface area contributed by atoms with Gasteiger partial charge in [-0.3, -0.25) is 4.79 Å². The van der Waals surface area contributed by atoms with Crippen LogP contribution in [0.15, 0.2) is 18.2 Å². The highest BCUT2D eigenvalue weighted by Crippen LogP contribution is 2.33. The number of hydrogen-bond acceptors (Lipinski definition) is 5. The topological polar surface area (TPSA) is 107 Å². The average Bonchev–Trinajstić information content (AvgIpc) is 2.68. The van der Waals surface area contributed by atoms with E-state index in [-0.39, 0.29) is 21.9 Å². The van der Waals surface area contributed by atoms with E-state index in [9.17, 15) is 24.9 Å². The minimum atomic E-state index is -1.11. The Morgan fingerprint density at radius 2 is 1.81 bits per heavy atom. The Morgan fingerprint density at radius 1 is 1.14 bits per heavy atom. The molecule has 2 rings (SSSR count). The Kier molecular flexibility index (Phi) is 3.86. The van der Waals surface area contributed by atoms with Crippen LogP contribution in [0.2, 0.25) is 0 Å². The van der Waals surface area contributed by atoms with Crippen molar-refractivity contribution in [3.8, 4) is 11.5 Å². The average molecular weight is 307 g/mol. The molecule has 4 N–H and O–H groups in total. The maximum absolute atomic E-state index is 12.1. The third-order valence-electron chi connectivity index (χ3n) is 3.06. The van der Waals surface area contributed by atoms with Gasteiger partial charge < -0.3 is 20.6 Å². The van der Waals surface area contributed by atoms with Crippen LogP contribution in [0.3, 0.4) is 0 Å². The second-order valence-corrected chi connectivity index (χ2v) is 5.67. The summed E-state index contributed by atoms with van der Waals surface area (Å²) in [5, 5.41) is 30.6. The molecular weight excluding hydrogens is 294 g/mol. The highest BCUT2D eigenvalue weighted by atomic mass is 32.1. The van der Waals surface area contributed by atoms with E-state index >= 15 is 0 Å². The number of carbonyl (C=O) groups excluding carboxylic acids is 1. The number of phenols is 2. The Hall–Kier alpha value is -2.54. The van der Waals surface area contributed by atoms with Gasteiger partial charge in [-0.25, -0.2) is 4.79 Å². The normalized spacial score (nSPS) is 10.4. The largest absolute Gasteiger partial charge is 0.504 e. The van der Waals surface area contributed by atoms with E-state index in [1.54, 1.807) is 13.8 Å². The summed E-state index contributed by atoms with van der Waals surface area (Å²) >= 11 is 1.17. The summed E-state index contributed by atoms with van der Waals surface area (Å²) in [6.45, 7) is 3.45. The lowest BCUT2D eigenvalue weighted by Crippen LogP contribution is -2.13. The lowest BCUT2D eigenvalue weighted by atomic mass is 10.1. The molecule has 1 amide bonds. The molecule has 0 saturated carbocycles. The van der Waals surface area contributed by atoms with Gasteiger partial charge in [0.1, 0.15) is 5.00 Å². The van der Waals surface area contributed by atoms with Gasteiger partial charge in [-0.15, -0.1) is 11.3 Å². The van der Waals surface area contributed by atoms with Gasteiger partial charge >= 0.3 is 5.97 Å².